The van der Waals surface area contributed by atoms with Gasteiger partial charge in [-0.3, -0.25) is 23.9 Å². The third kappa shape index (κ3) is 9.06. The summed E-state index contributed by atoms with van der Waals surface area (Å²) >= 11 is 0.803. The average Bonchev–Trinajstić information content (AvgIpc) is 3.21. The molecule has 1 heterocycles. The van der Waals surface area contributed by atoms with Crippen LogP contribution in [0.15, 0.2) is 53.3 Å². The van der Waals surface area contributed by atoms with Crippen LogP contribution in [0.2, 0.25) is 0 Å². The predicted octanol–water partition coefficient (Wildman–Crippen LogP) is 2.51. The molecule has 0 bridgehead atoms. The monoisotopic (exact) mass is 586 g/mol. The normalized spacial score (nSPS) is 12.6. The number of aromatic nitrogens is 1. The number of halogens is 3. The van der Waals surface area contributed by atoms with Crippen LogP contribution in [0.3, 0.4) is 0 Å². The summed E-state index contributed by atoms with van der Waals surface area (Å²) in [6.45, 7) is 2.89. The lowest BCUT2D eigenvalue weighted by atomic mass is 10.1. The molecule has 41 heavy (non-hydrogen) atoms. The Bertz CT molecular complexity index is 1640. The first-order valence-electron chi connectivity index (χ1n) is 12.5. The van der Waals surface area contributed by atoms with E-state index in [1.807, 2.05) is 37.1 Å². The second kappa shape index (κ2) is 13.8. The molecular weight excluding hydrogens is 557 g/mol. The zero-order chi connectivity index (χ0) is 30.2. The van der Waals surface area contributed by atoms with Gasteiger partial charge in [0, 0.05) is 30.7 Å². The number of carbonyl (C=O) groups excluding carboxylic acids is 2. The van der Waals surface area contributed by atoms with Crippen LogP contribution in [0.25, 0.3) is 11.8 Å². The Kier molecular flexibility index (Phi) is 10.5. The minimum atomic E-state index is -4.65. The molecular formula is C28H29F3N6O3S. The first-order chi connectivity index (χ1) is 19.4. The van der Waals surface area contributed by atoms with Gasteiger partial charge in [-0.25, -0.2) is 0 Å². The Balaban J connectivity index is 1.75. The highest BCUT2D eigenvalue weighted by atomic mass is 32.1. The fourth-order valence-electron chi connectivity index (χ4n) is 3.92. The number of aryl methyl sites for hydroxylation is 1. The fraction of sp³-hybridized carbons (Fsp3) is 0.286. The number of nitrogens with zero attached hydrogens (tertiary/aromatic N) is 3. The highest BCUT2D eigenvalue weighted by Gasteiger charge is 2.29. The van der Waals surface area contributed by atoms with Crippen LogP contribution in [0.1, 0.15) is 18.1 Å². The van der Waals surface area contributed by atoms with Crippen molar-refractivity contribution in [3.63, 3.8) is 0 Å². The van der Waals surface area contributed by atoms with E-state index in [4.69, 9.17) is 0 Å². The molecule has 0 saturated heterocycles. The maximum absolute atomic E-state index is 12.9. The fourth-order valence-corrected chi connectivity index (χ4v) is 5.00. The smallest absolute Gasteiger partial charge is 0.360 e. The standard InChI is InChI=1S/C28H29F3N6O3S/c1-4-37-26(40)23(41-27(37)22(13-32)25(39)34-17-28(29,30)31)14-33-20-9-6-10-21(12-20)35-24(38)16-36(3)15-19-8-5-7-18(2)11-19/h5-12,14,33H,4,15-17H2,1-3H3,(H,34,39)(H,35,38)/b23-14+,27-22-. The van der Waals surface area contributed by atoms with Gasteiger partial charge in [-0.05, 0) is 44.7 Å². The van der Waals surface area contributed by atoms with Crippen molar-refractivity contribution in [3.05, 3.63) is 79.2 Å². The minimum Gasteiger partial charge on any atom is -0.360 e. The summed E-state index contributed by atoms with van der Waals surface area (Å²) in [7, 11) is 1.85. The van der Waals surface area contributed by atoms with Crippen LogP contribution in [0, 0.1) is 18.3 Å². The Morgan fingerprint density at radius 3 is 2.51 bits per heavy atom. The van der Waals surface area contributed by atoms with Crippen LogP contribution in [-0.4, -0.2) is 47.6 Å². The van der Waals surface area contributed by atoms with Crippen LogP contribution >= 0.6 is 11.3 Å². The van der Waals surface area contributed by atoms with E-state index in [2.05, 4.69) is 16.7 Å². The van der Waals surface area contributed by atoms with Gasteiger partial charge in [-0.1, -0.05) is 35.9 Å². The number of benzene rings is 2. The Morgan fingerprint density at radius 2 is 1.85 bits per heavy atom. The van der Waals surface area contributed by atoms with Crippen molar-refractivity contribution in [2.45, 2.75) is 33.1 Å². The van der Waals surface area contributed by atoms with E-state index in [0.29, 0.717) is 17.9 Å². The SMILES string of the molecule is CCn1c(=O)/c(=C\Nc2cccc(NC(=O)CN(C)Cc3cccc(C)c3)c2)s/c1=C(/C#N)C(=O)NCC(F)(F)F. The molecule has 0 fully saturated rings. The molecule has 3 N–H and O–H groups in total. The summed E-state index contributed by atoms with van der Waals surface area (Å²) in [5.41, 5.74) is 2.20. The number of carbonyl (C=O) groups is 2. The Labute approximate surface area is 238 Å². The zero-order valence-electron chi connectivity index (χ0n) is 22.6. The molecule has 9 nitrogen and oxygen atoms in total. The van der Waals surface area contributed by atoms with E-state index < -0.39 is 29.8 Å². The Morgan fingerprint density at radius 1 is 1.15 bits per heavy atom. The maximum atomic E-state index is 12.9. The van der Waals surface area contributed by atoms with Gasteiger partial charge < -0.3 is 16.0 Å². The van der Waals surface area contributed by atoms with Crippen molar-refractivity contribution in [1.82, 2.24) is 14.8 Å². The van der Waals surface area contributed by atoms with Gasteiger partial charge in [0.1, 0.15) is 21.8 Å². The molecule has 0 unspecified atom stereocenters. The van der Waals surface area contributed by atoms with Gasteiger partial charge in [0.05, 0.1) is 6.54 Å². The molecule has 1 aromatic heterocycles. The number of hydrogen-bond acceptors (Lipinski definition) is 7. The molecule has 0 radical (unpaired) electrons. The lowest BCUT2D eigenvalue weighted by Gasteiger charge is -2.17. The third-order valence-corrected chi connectivity index (χ3v) is 6.82. The lowest BCUT2D eigenvalue weighted by molar-refractivity contribution is -0.135. The molecule has 0 atom stereocenters. The average molecular weight is 587 g/mol. The molecule has 13 heteroatoms. The molecule has 3 rings (SSSR count). The van der Waals surface area contributed by atoms with Gasteiger partial charge in [-0.15, -0.1) is 11.3 Å². The summed E-state index contributed by atoms with van der Waals surface area (Å²) in [6, 6.07) is 16.4. The largest absolute Gasteiger partial charge is 0.405 e. The number of hydrogen-bond donors (Lipinski definition) is 3. The van der Waals surface area contributed by atoms with Crippen LogP contribution in [0.4, 0.5) is 24.5 Å². The number of nitriles is 1. The third-order valence-electron chi connectivity index (χ3n) is 5.69. The number of rotatable bonds is 10. The van der Waals surface area contributed by atoms with E-state index >= 15 is 0 Å². The Hall–Kier alpha value is -4.41. The predicted molar refractivity (Wildman–Crippen MR) is 152 cm³/mol. The number of amides is 2. The minimum absolute atomic E-state index is 0.0523. The van der Waals surface area contributed by atoms with Gasteiger partial charge >= 0.3 is 6.18 Å². The molecule has 0 aliphatic heterocycles. The van der Waals surface area contributed by atoms with Crippen molar-refractivity contribution >= 4 is 46.3 Å². The molecule has 216 valence electrons. The van der Waals surface area contributed by atoms with Gasteiger partial charge in [0.25, 0.3) is 11.5 Å². The van der Waals surface area contributed by atoms with Gasteiger partial charge in [0.2, 0.25) is 5.91 Å². The van der Waals surface area contributed by atoms with Gasteiger partial charge in [-0.2, -0.15) is 18.4 Å². The second-order valence-corrected chi connectivity index (χ2v) is 10.2. The summed E-state index contributed by atoms with van der Waals surface area (Å²) in [5.74, 6) is -1.43. The van der Waals surface area contributed by atoms with Crippen molar-refractivity contribution in [2.24, 2.45) is 0 Å². The number of likely N-dealkylation sites (N-methyl/N-ethyl adjacent to an activating group) is 1. The van der Waals surface area contributed by atoms with E-state index in [1.165, 1.54) is 6.20 Å². The second-order valence-electron chi connectivity index (χ2n) is 9.18. The van der Waals surface area contributed by atoms with Gasteiger partial charge in [0.15, 0.2) is 5.57 Å². The molecule has 0 aliphatic rings. The van der Waals surface area contributed by atoms with Crippen LogP contribution in [0.5, 0.6) is 0 Å². The summed E-state index contributed by atoms with van der Waals surface area (Å²) in [4.78, 5) is 39.6. The van der Waals surface area contributed by atoms with Crippen molar-refractivity contribution in [3.8, 4) is 6.07 Å². The quantitative estimate of drug-likeness (QED) is 0.336. The number of nitrogens with one attached hydrogen (secondary N) is 3. The van der Waals surface area contributed by atoms with Crippen LogP contribution in [-0.2, 0) is 22.7 Å². The molecule has 2 aromatic carbocycles. The summed E-state index contributed by atoms with van der Waals surface area (Å²) in [5, 5.41) is 16.9. The number of anilines is 2. The molecule has 0 saturated carbocycles. The first-order valence-corrected chi connectivity index (χ1v) is 13.3. The van der Waals surface area contributed by atoms with E-state index in [0.717, 1.165) is 27.0 Å². The number of alkyl halides is 3. The zero-order valence-corrected chi connectivity index (χ0v) is 23.4. The lowest BCUT2D eigenvalue weighted by Crippen LogP contribution is -2.37. The molecule has 0 spiro atoms. The topological polar surface area (TPSA) is 119 Å². The highest BCUT2D eigenvalue weighted by molar-refractivity contribution is 7.07. The molecule has 2 amide bonds. The molecule has 3 aromatic rings. The molecule has 0 aliphatic carbocycles. The van der Waals surface area contributed by atoms with E-state index in [-0.39, 0.29) is 28.2 Å². The van der Waals surface area contributed by atoms with E-state index in [1.54, 1.807) is 42.6 Å². The summed E-state index contributed by atoms with van der Waals surface area (Å²) in [6.07, 6.45) is -3.27. The van der Waals surface area contributed by atoms with E-state index in [9.17, 15) is 32.8 Å². The van der Waals surface area contributed by atoms with Crippen molar-refractivity contribution in [1.29, 1.82) is 5.26 Å². The highest BCUT2D eigenvalue weighted by Crippen LogP contribution is 2.15. The van der Waals surface area contributed by atoms with Crippen LogP contribution < -0.4 is 30.7 Å². The first kappa shape index (κ1) is 31.1. The van der Waals surface area contributed by atoms with Crippen molar-refractivity contribution < 1.29 is 22.8 Å². The number of thiazole rings is 1. The summed E-state index contributed by atoms with van der Waals surface area (Å²) < 4.78 is 38.8. The maximum Gasteiger partial charge on any atom is 0.405 e. The van der Waals surface area contributed by atoms with Crippen molar-refractivity contribution in [2.75, 3.05) is 30.8 Å².